The van der Waals surface area contributed by atoms with Crippen molar-refractivity contribution in [2.24, 2.45) is 0 Å². The molecule has 2 heterocycles. The highest BCUT2D eigenvalue weighted by Gasteiger charge is 2.17. The largest absolute Gasteiger partial charge is 0.326 e. The molecule has 2 aromatic heterocycles. The fraction of sp³-hybridized carbons (Fsp3) is 0.167. The van der Waals surface area contributed by atoms with Crippen LogP contribution in [0.2, 0.25) is 0 Å². The number of aromatic nitrogens is 3. The smallest absolute Gasteiger partial charge is 0.255 e. The van der Waals surface area contributed by atoms with E-state index >= 15 is 0 Å². The number of hydrogen-bond acceptors (Lipinski definition) is 4. The summed E-state index contributed by atoms with van der Waals surface area (Å²) in [5, 5.41) is 5.59. The highest BCUT2D eigenvalue weighted by molar-refractivity contribution is 6.05. The van der Waals surface area contributed by atoms with Crippen molar-refractivity contribution in [2.45, 2.75) is 26.8 Å². The van der Waals surface area contributed by atoms with E-state index in [1.807, 2.05) is 30.3 Å². The van der Waals surface area contributed by atoms with Crippen LogP contribution in [0.15, 0.2) is 66.9 Å². The van der Waals surface area contributed by atoms with Crippen LogP contribution < -0.4 is 10.6 Å². The van der Waals surface area contributed by atoms with Gasteiger partial charge < -0.3 is 15.2 Å². The zero-order chi connectivity index (χ0) is 22.0. The number of fused-ring (bicyclic) bond motifs is 1. The summed E-state index contributed by atoms with van der Waals surface area (Å²) in [6.07, 6.45) is 1.76. The van der Waals surface area contributed by atoms with E-state index in [4.69, 9.17) is 4.98 Å². The van der Waals surface area contributed by atoms with Crippen LogP contribution in [0.4, 0.5) is 11.4 Å². The van der Waals surface area contributed by atoms with Gasteiger partial charge in [0, 0.05) is 41.7 Å². The van der Waals surface area contributed by atoms with Crippen molar-refractivity contribution in [3.8, 4) is 11.4 Å². The van der Waals surface area contributed by atoms with E-state index < -0.39 is 0 Å². The Labute approximate surface area is 180 Å². The molecule has 2 N–H and O–H groups in total. The Morgan fingerprint density at radius 2 is 1.65 bits per heavy atom. The first kappa shape index (κ1) is 20.3. The van der Waals surface area contributed by atoms with Gasteiger partial charge in [-0.2, -0.15) is 0 Å². The second-order valence-electron chi connectivity index (χ2n) is 7.54. The van der Waals surface area contributed by atoms with Gasteiger partial charge in [0.25, 0.3) is 5.91 Å². The lowest BCUT2D eigenvalue weighted by molar-refractivity contribution is -0.114. The van der Waals surface area contributed by atoms with Crippen LogP contribution in [-0.4, -0.2) is 26.3 Å². The Bertz CT molecular complexity index is 1260. The molecular weight excluding hydrogens is 390 g/mol. The van der Waals surface area contributed by atoms with Crippen molar-refractivity contribution in [2.75, 3.05) is 10.6 Å². The van der Waals surface area contributed by atoms with Gasteiger partial charge in [-0.1, -0.05) is 12.1 Å². The number of benzene rings is 2. The minimum atomic E-state index is -0.223. The van der Waals surface area contributed by atoms with E-state index in [9.17, 15) is 9.59 Å². The van der Waals surface area contributed by atoms with Crippen LogP contribution in [0.1, 0.15) is 37.2 Å². The fourth-order valence-corrected chi connectivity index (χ4v) is 3.47. The minimum Gasteiger partial charge on any atom is -0.326 e. The number of pyridine rings is 1. The SMILES string of the molecule is CC(=O)Nc1ccc(NC(=O)c2cccc(-c3nc4cccnc4n3C(C)C)c2)cc1. The minimum absolute atomic E-state index is 0.142. The number of hydrogen-bond donors (Lipinski definition) is 2. The summed E-state index contributed by atoms with van der Waals surface area (Å²) in [6.45, 7) is 5.62. The van der Waals surface area contributed by atoms with Gasteiger partial charge in [-0.05, 0) is 62.4 Å². The van der Waals surface area contributed by atoms with Gasteiger partial charge in [0.2, 0.25) is 5.91 Å². The van der Waals surface area contributed by atoms with Gasteiger partial charge in [0.05, 0.1) is 0 Å². The standard InChI is InChI=1S/C24H23N5O2/c1-15(2)29-22(28-21-8-5-13-25-23(21)29)17-6-4-7-18(14-17)24(31)27-20-11-9-19(10-12-20)26-16(3)30/h4-15H,1-3H3,(H,26,30)(H,27,31). The molecule has 7 heteroatoms. The predicted octanol–water partition coefficient (Wildman–Crippen LogP) is 4.89. The molecule has 0 saturated carbocycles. The monoisotopic (exact) mass is 413 g/mol. The van der Waals surface area contributed by atoms with Crippen LogP contribution >= 0.6 is 0 Å². The van der Waals surface area contributed by atoms with E-state index in [2.05, 4.69) is 34.0 Å². The number of nitrogens with one attached hydrogen (secondary N) is 2. The Morgan fingerprint density at radius 1 is 0.935 bits per heavy atom. The Hall–Kier alpha value is -4.00. The van der Waals surface area contributed by atoms with Crippen molar-refractivity contribution in [3.63, 3.8) is 0 Å². The molecule has 7 nitrogen and oxygen atoms in total. The van der Waals surface area contributed by atoms with Crippen molar-refractivity contribution in [1.82, 2.24) is 14.5 Å². The van der Waals surface area contributed by atoms with E-state index in [0.29, 0.717) is 16.9 Å². The molecule has 0 bridgehead atoms. The number of carbonyl (C=O) groups is 2. The first-order valence-electron chi connectivity index (χ1n) is 10.0. The van der Waals surface area contributed by atoms with Gasteiger partial charge in [0.1, 0.15) is 11.3 Å². The zero-order valence-electron chi connectivity index (χ0n) is 17.6. The van der Waals surface area contributed by atoms with Crippen LogP contribution in [0.3, 0.4) is 0 Å². The second-order valence-corrected chi connectivity index (χ2v) is 7.54. The molecule has 4 rings (SSSR count). The van der Waals surface area contributed by atoms with E-state index in [-0.39, 0.29) is 17.9 Å². The Morgan fingerprint density at radius 3 is 2.32 bits per heavy atom. The molecule has 0 aliphatic rings. The lowest BCUT2D eigenvalue weighted by Gasteiger charge is -2.13. The third-order valence-electron chi connectivity index (χ3n) is 4.81. The lowest BCUT2D eigenvalue weighted by atomic mass is 10.1. The second kappa shape index (κ2) is 8.39. The molecule has 0 aliphatic heterocycles. The summed E-state index contributed by atoms with van der Waals surface area (Å²) in [6, 6.07) is 18.3. The van der Waals surface area contributed by atoms with Gasteiger partial charge >= 0.3 is 0 Å². The number of carbonyl (C=O) groups excluding carboxylic acids is 2. The van der Waals surface area contributed by atoms with Gasteiger partial charge in [-0.15, -0.1) is 0 Å². The molecular formula is C24H23N5O2. The van der Waals surface area contributed by atoms with Gasteiger partial charge in [-0.3, -0.25) is 9.59 Å². The number of rotatable bonds is 5. The number of nitrogens with zero attached hydrogens (tertiary/aromatic N) is 3. The predicted molar refractivity (Wildman–Crippen MR) is 122 cm³/mol. The maximum Gasteiger partial charge on any atom is 0.255 e. The summed E-state index contributed by atoms with van der Waals surface area (Å²) in [4.78, 5) is 33.2. The molecule has 0 atom stereocenters. The molecule has 0 saturated heterocycles. The molecule has 31 heavy (non-hydrogen) atoms. The third kappa shape index (κ3) is 4.30. The lowest BCUT2D eigenvalue weighted by Crippen LogP contribution is -2.12. The highest BCUT2D eigenvalue weighted by atomic mass is 16.2. The van der Waals surface area contributed by atoms with E-state index in [1.54, 1.807) is 36.5 Å². The summed E-state index contributed by atoms with van der Waals surface area (Å²) in [5.74, 6) is 0.411. The summed E-state index contributed by atoms with van der Waals surface area (Å²) >= 11 is 0. The summed E-state index contributed by atoms with van der Waals surface area (Å²) in [7, 11) is 0. The molecule has 4 aromatic rings. The highest BCUT2D eigenvalue weighted by Crippen LogP contribution is 2.28. The summed E-state index contributed by atoms with van der Waals surface area (Å²) in [5.41, 5.74) is 4.33. The van der Waals surface area contributed by atoms with Crippen molar-refractivity contribution in [1.29, 1.82) is 0 Å². The maximum atomic E-state index is 12.8. The topological polar surface area (TPSA) is 88.9 Å². The Balaban J connectivity index is 1.62. The maximum absolute atomic E-state index is 12.8. The number of imidazole rings is 1. The molecule has 2 amide bonds. The fourth-order valence-electron chi connectivity index (χ4n) is 3.47. The van der Waals surface area contributed by atoms with Crippen molar-refractivity contribution in [3.05, 3.63) is 72.4 Å². The third-order valence-corrected chi connectivity index (χ3v) is 4.81. The first-order valence-corrected chi connectivity index (χ1v) is 10.0. The normalized spacial score (nSPS) is 11.0. The molecule has 0 radical (unpaired) electrons. The van der Waals surface area contributed by atoms with E-state index in [1.165, 1.54) is 6.92 Å². The molecule has 0 spiro atoms. The van der Waals surface area contributed by atoms with Crippen molar-refractivity contribution >= 4 is 34.4 Å². The molecule has 156 valence electrons. The number of amides is 2. The van der Waals surface area contributed by atoms with Crippen molar-refractivity contribution < 1.29 is 9.59 Å². The van der Waals surface area contributed by atoms with Crippen LogP contribution in [0.25, 0.3) is 22.6 Å². The summed E-state index contributed by atoms with van der Waals surface area (Å²) < 4.78 is 2.08. The van der Waals surface area contributed by atoms with Crippen LogP contribution in [0.5, 0.6) is 0 Å². The average Bonchev–Trinajstić information content (AvgIpc) is 3.15. The van der Waals surface area contributed by atoms with Crippen LogP contribution in [0, 0.1) is 0 Å². The first-order chi connectivity index (χ1) is 14.9. The average molecular weight is 413 g/mol. The Kier molecular flexibility index (Phi) is 5.49. The van der Waals surface area contributed by atoms with E-state index in [0.717, 1.165) is 22.6 Å². The quantitative estimate of drug-likeness (QED) is 0.487. The van der Waals surface area contributed by atoms with Gasteiger partial charge in [0.15, 0.2) is 5.65 Å². The molecule has 0 unspecified atom stereocenters. The number of anilines is 2. The molecule has 2 aromatic carbocycles. The van der Waals surface area contributed by atoms with Crippen LogP contribution in [-0.2, 0) is 4.79 Å². The molecule has 0 aliphatic carbocycles. The zero-order valence-corrected chi connectivity index (χ0v) is 17.6. The molecule has 0 fully saturated rings. The van der Waals surface area contributed by atoms with Gasteiger partial charge in [-0.25, -0.2) is 9.97 Å².